The average molecular weight is 427 g/mol. The Labute approximate surface area is 183 Å². The van der Waals surface area contributed by atoms with Crippen LogP contribution in [-0.2, 0) is 11.3 Å². The smallest absolute Gasteiger partial charge is 0.222 e. The lowest BCUT2D eigenvalue weighted by atomic mass is 9.97. The number of halogens is 1. The Bertz CT molecular complexity index is 947. The summed E-state index contributed by atoms with van der Waals surface area (Å²) in [6.07, 6.45) is 3.49. The fourth-order valence-corrected chi connectivity index (χ4v) is 3.80. The third kappa shape index (κ3) is 5.71. The summed E-state index contributed by atoms with van der Waals surface area (Å²) in [6, 6.07) is 9.02. The standard InChI is InChI=1S/C23H31FN6O/c1-15-8-9-17(12-20(15)24)16(2)29-23(26-3)28-13-18-6-4-10-27-22(18)30-11-5-7-19(14-30)21(25)31/h4,6,8-10,12,16,19H,5,7,11,13-14H2,1-3H3,(H2,25,31)(H2,26,28,29). The van der Waals surface area contributed by atoms with E-state index in [0.29, 0.717) is 24.6 Å². The number of amides is 1. The summed E-state index contributed by atoms with van der Waals surface area (Å²) in [4.78, 5) is 22.6. The minimum absolute atomic E-state index is 0.118. The van der Waals surface area contributed by atoms with E-state index in [2.05, 4.69) is 25.5 Å². The van der Waals surface area contributed by atoms with Crippen molar-refractivity contribution in [3.63, 3.8) is 0 Å². The van der Waals surface area contributed by atoms with Crippen LogP contribution in [0.4, 0.5) is 10.2 Å². The number of rotatable bonds is 6. The van der Waals surface area contributed by atoms with Gasteiger partial charge in [0, 0.05) is 38.4 Å². The molecular weight excluding hydrogens is 395 g/mol. The zero-order chi connectivity index (χ0) is 22.4. The van der Waals surface area contributed by atoms with Crippen LogP contribution in [0.5, 0.6) is 0 Å². The van der Waals surface area contributed by atoms with Crippen LogP contribution in [0.2, 0.25) is 0 Å². The highest BCUT2D eigenvalue weighted by Crippen LogP contribution is 2.24. The maximum Gasteiger partial charge on any atom is 0.222 e. The number of hydrogen-bond donors (Lipinski definition) is 3. The number of nitrogens with zero attached hydrogens (tertiary/aromatic N) is 3. The molecule has 1 aromatic heterocycles. The molecule has 0 spiro atoms. The van der Waals surface area contributed by atoms with Gasteiger partial charge in [-0.05, 0) is 49.9 Å². The Kier molecular flexibility index (Phi) is 7.44. The van der Waals surface area contributed by atoms with E-state index in [1.807, 2.05) is 25.1 Å². The van der Waals surface area contributed by atoms with Crippen LogP contribution in [-0.4, -0.2) is 37.0 Å². The number of carbonyl (C=O) groups excluding carboxylic acids is 1. The van der Waals surface area contributed by atoms with Crippen molar-refractivity contribution in [2.24, 2.45) is 16.6 Å². The van der Waals surface area contributed by atoms with E-state index in [1.54, 1.807) is 32.3 Å². The van der Waals surface area contributed by atoms with Gasteiger partial charge in [-0.2, -0.15) is 0 Å². The highest BCUT2D eigenvalue weighted by Gasteiger charge is 2.26. The minimum atomic E-state index is -0.258. The van der Waals surface area contributed by atoms with E-state index in [0.717, 1.165) is 36.3 Å². The van der Waals surface area contributed by atoms with Crippen molar-refractivity contribution in [3.8, 4) is 0 Å². The molecule has 31 heavy (non-hydrogen) atoms. The number of hydrogen-bond acceptors (Lipinski definition) is 4. The number of aryl methyl sites for hydroxylation is 1. The molecule has 0 bridgehead atoms. The van der Waals surface area contributed by atoms with Crippen molar-refractivity contribution < 1.29 is 9.18 Å². The van der Waals surface area contributed by atoms with E-state index in [-0.39, 0.29) is 23.7 Å². The van der Waals surface area contributed by atoms with Gasteiger partial charge in [0.05, 0.1) is 12.0 Å². The lowest BCUT2D eigenvalue weighted by molar-refractivity contribution is -0.122. The number of piperidine rings is 1. The Morgan fingerprint density at radius 1 is 1.42 bits per heavy atom. The molecule has 0 saturated carbocycles. The van der Waals surface area contributed by atoms with Crippen molar-refractivity contribution in [1.82, 2.24) is 15.6 Å². The first kappa shape index (κ1) is 22.5. The van der Waals surface area contributed by atoms with Crippen molar-refractivity contribution in [2.75, 3.05) is 25.0 Å². The Morgan fingerprint density at radius 2 is 2.23 bits per heavy atom. The minimum Gasteiger partial charge on any atom is -0.369 e. The first-order valence-electron chi connectivity index (χ1n) is 10.6. The number of aliphatic imine (C=N–C) groups is 1. The number of nitrogens with one attached hydrogen (secondary N) is 2. The monoisotopic (exact) mass is 426 g/mol. The normalized spacial score (nSPS) is 17.9. The number of primary amides is 1. The van der Waals surface area contributed by atoms with E-state index >= 15 is 0 Å². The van der Waals surface area contributed by atoms with Crippen molar-refractivity contribution in [1.29, 1.82) is 0 Å². The first-order chi connectivity index (χ1) is 14.9. The van der Waals surface area contributed by atoms with Crippen LogP contribution in [0.25, 0.3) is 0 Å². The summed E-state index contributed by atoms with van der Waals surface area (Å²) in [5.74, 6) is 0.833. The second-order valence-corrected chi connectivity index (χ2v) is 7.97. The summed E-state index contributed by atoms with van der Waals surface area (Å²) in [5.41, 5.74) is 8.00. The predicted octanol–water partition coefficient (Wildman–Crippen LogP) is 2.66. The summed E-state index contributed by atoms with van der Waals surface area (Å²) in [5, 5.41) is 6.61. The van der Waals surface area contributed by atoms with Crippen LogP contribution in [0.3, 0.4) is 0 Å². The van der Waals surface area contributed by atoms with Gasteiger partial charge in [-0.3, -0.25) is 9.79 Å². The molecular formula is C23H31FN6O. The number of nitrogens with two attached hydrogens (primary N) is 1. The van der Waals surface area contributed by atoms with Crippen molar-refractivity contribution >= 4 is 17.7 Å². The van der Waals surface area contributed by atoms with E-state index < -0.39 is 0 Å². The van der Waals surface area contributed by atoms with Crippen molar-refractivity contribution in [3.05, 3.63) is 59.0 Å². The maximum absolute atomic E-state index is 13.9. The van der Waals surface area contributed by atoms with Crippen LogP contribution in [0.1, 0.15) is 42.5 Å². The summed E-state index contributed by atoms with van der Waals surface area (Å²) in [6.45, 7) is 5.65. The number of benzene rings is 1. The van der Waals surface area contributed by atoms with E-state index in [4.69, 9.17) is 5.73 Å². The number of guanidine groups is 1. The average Bonchev–Trinajstić information content (AvgIpc) is 2.78. The summed E-state index contributed by atoms with van der Waals surface area (Å²) >= 11 is 0. The lowest BCUT2D eigenvalue weighted by Crippen LogP contribution is -2.42. The SMILES string of the molecule is CN=C(NCc1cccnc1N1CCCC(C(N)=O)C1)NC(C)c1ccc(C)c(F)c1. The fourth-order valence-electron chi connectivity index (χ4n) is 3.80. The van der Waals surface area contributed by atoms with Gasteiger partial charge >= 0.3 is 0 Å². The Morgan fingerprint density at radius 3 is 2.94 bits per heavy atom. The molecule has 7 nitrogen and oxygen atoms in total. The fraction of sp³-hybridized carbons (Fsp3) is 0.435. The zero-order valence-electron chi connectivity index (χ0n) is 18.4. The van der Waals surface area contributed by atoms with Gasteiger partial charge in [-0.1, -0.05) is 18.2 Å². The number of carbonyl (C=O) groups is 1. The van der Waals surface area contributed by atoms with Crippen LogP contribution < -0.4 is 21.3 Å². The molecule has 1 amide bonds. The molecule has 2 unspecified atom stereocenters. The zero-order valence-corrected chi connectivity index (χ0v) is 18.4. The largest absolute Gasteiger partial charge is 0.369 e. The predicted molar refractivity (Wildman–Crippen MR) is 121 cm³/mol. The van der Waals surface area contributed by atoms with Crippen LogP contribution in [0.15, 0.2) is 41.5 Å². The summed E-state index contributed by atoms with van der Waals surface area (Å²) < 4.78 is 13.9. The Hall–Kier alpha value is -3.16. The number of anilines is 1. The van der Waals surface area contributed by atoms with Gasteiger partial charge < -0.3 is 21.3 Å². The van der Waals surface area contributed by atoms with Gasteiger partial charge in [-0.25, -0.2) is 9.37 Å². The highest BCUT2D eigenvalue weighted by atomic mass is 19.1. The molecule has 1 aliphatic rings. The topological polar surface area (TPSA) is 95.6 Å². The second-order valence-electron chi connectivity index (χ2n) is 7.97. The second kappa shape index (κ2) is 10.2. The van der Waals surface area contributed by atoms with Crippen LogP contribution >= 0.6 is 0 Å². The number of aromatic nitrogens is 1. The quantitative estimate of drug-likeness (QED) is 0.488. The molecule has 3 rings (SSSR count). The van der Waals surface area contributed by atoms with Gasteiger partial charge in [0.25, 0.3) is 0 Å². The molecule has 2 aromatic rings. The lowest BCUT2D eigenvalue weighted by Gasteiger charge is -2.33. The molecule has 1 aromatic carbocycles. The molecule has 2 atom stereocenters. The van der Waals surface area contributed by atoms with Crippen LogP contribution in [0, 0.1) is 18.7 Å². The van der Waals surface area contributed by atoms with Gasteiger partial charge in [-0.15, -0.1) is 0 Å². The maximum atomic E-state index is 13.9. The van der Waals surface area contributed by atoms with Gasteiger partial charge in [0.1, 0.15) is 11.6 Å². The number of pyridine rings is 1. The molecule has 8 heteroatoms. The summed E-state index contributed by atoms with van der Waals surface area (Å²) in [7, 11) is 1.70. The third-order valence-corrected chi connectivity index (χ3v) is 5.71. The van der Waals surface area contributed by atoms with Gasteiger partial charge in [0.2, 0.25) is 5.91 Å². The molecule has 2 heterocycles. The third-order valence-electron chi connectivity index (χ3n) is 5.71. The molecule has 1 saturated heterocycles. The molecule has 0 radical (unpaired) electrons. The van der Waals surface area contributed by atoms with Crippen molar-refractivity contribution in [2.45, 2.75) is 39.3 Å². The first-order valence-corrected chi connectivity index (χ1v) is 10.6. The highest BCUT2D eigenvalue weighted by molar-refractivity contribution is 5.80. The molecule has 4 N–H and O–H groups in total. The Balaban J connectivity index is 1.66. The molecule has 1 aliphatic heterocycles. The molecule has 166 valence electrons. The van der Waals surface area contributed by atoms with E-state index in [9.17, 15) is 9.18 Å². The van der Waals surface area contributed by atoms with E-state index in [1.165, 1.54) is 0 Å². The van der Waals surface area contributed by atoms with Gasteiger partial charge in [0.15, 0.2) is 5.96 Å². The molecule has 0 aliphatic carbocycles. The molecule has 1 fully saturated rings.